The van der Waals surface area contributed by atoms with E-state index in [1.165, 1.54) is 18.4 Å². The number of nitriles is 1. The lowest BCUT2D eigenvalue weighted by Gasteiger charge is -2.08. The summed E-state index contributed by atoms with van der Waals surface area (Å²) in [6, 6.07) is 22.7. The fourth-order valence-electron chi connectivity index (χ4n) is 2.90. The fraction of sp³-hybridized carbons (Fsp3) is 0.174. The van der Waals surface area contributed by atoms with Crippen LogP contribution in [0.15, 0.2) is 66.7 Å². The van der Waals surface area contributed by atoms with E-state index in [1.54, 1.807) is 36.4 Å². The van der Waals surface area contributed by atoms with Gasteiger partial charge in [-0.15, -0.1) is 0 Å². The average Bonchev–Trinajstić information content (AvgIpc) is 2.67. The molecule has 3 rings (SSSR count). The summed E-state index contributed by atoms with van der Waals surface area (Å²) in [6.07, 6.45) is 3.46. The lowest BCUT2D eigenvalue weighted by molar-refractivity contribution is 0.632. The Bertz CT molecular complexity index is 887. The molecule has 0 aromatic heterocycles. The molecule has 0 atom stereocenters. The molecule has 0 radical (unpaired) electrons. The predicted molar refractivity (Wildman–Crippen MR) is 101 cm³/mol. The standard InChI is InChI=1S/C23H20FN/c1-2-3-4-17-5-9-19(10-6-17)21-13-14-22(23(24)15-21)20-11-7-18(16-25)8-12-20/h5-15H,2-4H2,1H3. The largest absolute Gasteiger partial charge is 0.206 e. The fourth-order valence-corrected chi connectivity index (χ4v) is 2.90. The molecule has 0 saturated carbocycles. The van der Waals surface area contributed by atoms with Crippen LogP contribution >= 0.6 is 0 Å². The Morgan fingerprint density at radius 2 is 1.48 bits per heavy atom. The summed E-state index contributed by atoms with van der Waals surface area (Å²) in [5, 5.41) is 8.86. The number of benzene rings is 3. The van der Waals surface area contributed by atoms with Gasteiger partial charge >= 0.3 is 0 Å². The van der Waals surface area contributed by atoms with Gasteiger partial charge in [-0.2, -0.15) is 5.26 Å². The smallest absolute Gasteiger partial charge is 0.131 e. The first-order valence-corrected chi connectivity index (χ1v) is 8.60. The molecule has 2 heteroatoms. The van der Waals surface area contributed by atoms with Gasteiger partial charge in [0.05, 0.1) is 11.6 Å². The van der Waals surface area contributed by atoms with Crippen molar-refractivity contribution >= 4 is 0 Å². The third kappa shape index (κ3) is 3.95. The highest BCUT2D eigenvalue weighted by Crippen LogP contribution is 2.28. The molecule has 25 heavy (non-hydrogen) atoms. The molecule has 0 aliphatic heterocycles. The van der Waals surface area contributed by atoms with E-state index in [0.717, 1.165) is 23.1 Å². The van der Waals surface area contributed by atoms with Gasteiger partial charge in [0.15, 0.2) is 0 Å². The molecular formula is C23H20FN. The van der Waals surface area contributed by atoms with E-state index < -0.39 is 0 Å². The Morgan fingerprint density at radius 1 is 0.840 bits per heavy atom. The second-order valence-electron chi connectivity index (χ2n) is 6.18. The maximum Gasteiger partial charge on any atom is 0.131 e. The van der Waals surface area contributed by atoms with Gasteiger partial charge in [-0.05, 0) is 53.3 Å². The van der Waals surface area contributed by atoms with Crippen molar-refractivity contribution in [3.63, 3.8) is 0 Å². The Balaban J connectivity index is 1.85. The molecule has 124 valence electrons. The Labute approximate surface area is 148 Å². The lowest BCUT2D eigenvalue weighted by Crippen LogP contribution is -1.88. The Hall–Kier alpha value is -2.92. The summed E-state index contributed by atoms with van der Waals surface area (Å²) in [5.41, 5.74) is 5.11. The summed E-state index contributed by atoms with van der Waals surface area (Å²) in [7, 11) is 0. The summed E-state index contributed by atoms with van der Waals surface area (Å²) < 4.78 is 14.6. The van der Waals surface area contributed by atoms with E-state index in [0.29, 0.717) is 11.1 Å². The molecule has 0 spiro atoms. The minimum absolute atomic E-state index is 0.253. The highest BCUT2D eigenvalue weighted by molar-refractivity contribution is 5.71. The zero-order valence-electron chi connectivity index (χ0n) is 14.3. The van der Waals surface area contributed by atoms with Gasteiger partial charge in [0, 0.05) is 5.56 Å². The van der Waals surface area contributed by atoms with Crippen molar-refractivity contribution in [1.29, 1.82) is 5.26 Å². The van der Waals surface area contributed by atoms with Crippen LogP contribution < -0.4 is 0 Å². The molecule has 0 heterocycles. The zero-order chi connectivity index (χ0) is 17.6. The molecule has 0 aliphatic rings. The van der Waals surface area contributed by atoms with Crippen LogP contribution in [0.2, 0.25) is 0 Å². The summed E-state index contributed by atoms with van der Waals surface area (Å²) in [4.78, 5) is 0. The van der Waals surface area contributed by atoms with Gasteiger partial charge in [0.2, 0.25) is 0 Å². The molecule has 0 aliphatic carbocycles. The molecule has 0 amide bonds. The zero-order valence-corrected chi connectivity index (χ0v) is 14.3. The van der Waals surface area contributed by atoms with Gasteiger partial charge < -0.3 is 0 Å². The first-order valence-electron chi connectivity index (χ1n) is 8.60. The number of rotatable bonds is 5. The third-order valence-corrected chi connectivity index (χ3v) is 4.40. The molecular weight excluding hydrogens is 309 g/mol. The van der Waals surface area contributed by atoms with Crippen LogP contribution in [0, 0.1) is 17.1 Å². The van der Waals surface area contributed by atoms with E-state index in [1.807, 2.05) is 6.07 Å². The maximum atomic E-state index is 14.6. The predicted octanol–water partition coefficient (Wildman–Crippen LogP) is 6.37. The molecule has 0 bridgehead atoms. The first kappa shape index (κ1) is 16.9. The van der Waals surface area contributed by atoms with Crippen LogP contribution in [-0.2, 0) is 6.42 Å². The van der Waals surface area contributed by atoms with E-state index in [9.17, 15) is 4.39 Å². The number of hydrogen-bond acceptors (Lipinski definition) is 1. The summed E-state index contributed by atoms with van der Waals surface area (Å²) in [5.74, 6) is -0.253. The summed E-state index contributed by atoms with van der Waals surface area (Å²) >= 11 is 0. The monoisotopic (exact) mass is 329 g/mol. The van der Waals surface area contributed by atoms with Crippen LogP contribution in [0.4, 0.5) is 4.39 Å². The second kappa shape index (κ2) is 7.77. The van der Waals surface area contributed by atoms with E-state index in [2.05, 4.69) is 37.3 Å². The molecule has 0 unspecified atom stereocenters. The normalized spacial score (nSPS) is 10.4. The van der Waals surface area contributed by atoms with Crippen LogP contribution in [0.3, 0.4) is 0 Å². The Kier molecular flexibility index (Phi) is 5.26. The number of hydrogen-bond donors (Lipinski definition) is 0. The van der Waals surface area contributed by atoms with Crippen molar-refractivity contribution in [3.05, 3.63) is 83.7 Å². The van der Waals surface area contributed by atoms with Crippen LogP contribution in [-0.4, -0.2) is 0 Å². The van der Waals surface area contributed by atoms with Crippen molar-refractivity contribution in [2.75, 3.05) is 0 Å². The second-order valence-corrected chi connectivity index (χ2v) is 6.18. The van der Waals surface area contributed by atoms with E-state index in [4.69, 9.17) is 5.26 Å². The van der Waals surface area contributed by atoms with Gasteiger partial charge in [-0.1, -0.05) is 61.9 Å². The van der Waals surface area contributed by atoms with Crippen molar-refractivity contribution < 1.29 is 4.39 Å². The number of nitrogens with zero attached hydrogens (tertiary/aromatic N) is 1. The van der Waals surface area contributed by atoms with Crippen molar-refractivity contribution in [2.45, 2.75) is 26.2 Å². The van der Waals surface area contributed by atoms with Gasteiger partial charge in [0.25, 0.3) is 0 Å². The Morgan fingerprint density at radius 3 is 2.08 bits per heavy atom. The maximum absolute atomic E-state index is 14.6. The molecule has 0 fully saturated rings. The van der Waals surface area contributed by atoms with E-state index in [-0.39, 0.29) is 5.82 Å². The SMILES string of the molecule is CCCCc1ccc(-c2ccc(-c3ccc(C#N)cc3)c(F)c2)cc1. The van der Waals surface area contributed by atoms with Crippen LogP contribution in [0.1, 0.15) is 30.9 Å². The van der Waals surface area contributed by atoms with Crippen LogP contribution in [0.25, 0.3) is 22.3 Å². The number of unbranched alkanes of at least 4 members (excludes halogenated alkanes) is 1. The highest BCUT2D eigenvalue weighted by Gasteiger charge is 2.08. The topological polar surface area (TPSA) is 23.8 Å². The van der Waals surface area contributed by atoms with Gasteiger partial charge in [-0.3, -0.25) is 0 Å². The minimum Gasteiger partial charge on any atom is -0.206 e. The van der Waals surface area contributed by atoms with Crippen molar-refractivity contribution in [3.8, 4) is 28.3 Å². The van der Waals surface area contributed by atoms with Crippen LogP contribution in [0.5, 0.6) is 0 Å². The molecule has 0 saturated heterocycles. The third-order valence-electron chi connectivity index (χ3n) is 4.40. The minimum atomic E-state index is -0.253. The van der Waals surface area contributed by atoms with Crippen molar-refractivity contribution in [1.82, 2.24) is 0 Å². The van der Waals surface area contributed by atoms with E-state index >= 15 is 0 Å². The first-order chi connectivity index (χ1) is 12.2. The number of halogens is 1. The average molecular weight is 329 g/mol. The summed E-state index contributed by atoms with van der Waals surface area (Å²) in [6.45, 7) is 2.19. The molecule has 3 aromatic rings. The molecule has 0 N–H and O–H groups in total. The molecule has 3 aromatic carbocycles. The van der Waals surface area contributed by atoms with Crippen molar-refractivity contribution in [2.24, 2.45) is 0 Å². The quantitative estimate of drug-likeness (QED) is 0.533. The highest BCUT2D eigenvalue weighted by atomic mass is 19.1. The lowest BCUT2D eigenvalue weighted by atomic mass is 9.98. The van der Waals surface area contributed by atoms with Gasteiger partial charge in [-0.25, -0.2) is 4.39 Å². The number of aryl methyl sites for hydroxylation is 1. The van der Waals surface area contributed by atoms with Gasteiger partial charge in [0.1, 0.15) is 5.82 Å². The molecule has 1 nitrogen and oxygen atoms in total.